The third-order valence-corrected chi connectivity index (χ3v) is 18.6. The molecule has 4 unspecified atom stereocenters. The SMILES string of the molecule is CCC(COCC(CC)(COCC(CC)(COC(=O)C1CCCCC1)OC(=O)C1CCCCC1)OC(=O)C1CCCCC1)(COCC(CC)(COC(=O)C1CCCCC1)OC(=O)C1CCCCC1)OC(=O)C1CCCCC1. The van der Waals surface area contributed by atoms with Gasteiger partial charge in [0.1, 0.15) is 13.2 Å². The molecule has 0 aromatic carbocycles. The number of hydrogen-bond donors (Lipinski definition) is 0. The van der Waals surface area contributed by atoms with Crippen LogP contribution in [0.3, 0.4) is 0 Å². The average molecular weight is 1090 g/mol. The molecule has 0 bridgehead atoms. The zero-order valence-corrected chi connectivity index (χ0v) is 48.3. The van der Waals surface area contributed by atoms with Gasteiger partial charge in [-0.1, -0.05) is 143 Å². The molecule has 0 N–H and O–H groups in total. The van der Waals surface area contributed by atoms with Gasteiger partial charge < -0.3 is 42.6 Å². The quantitative estimate of drug-likeness (QED) is 0.0488. The Bertz CT molecular complexity index is 1680. The highest BCUT2D eigenvalue weighted by atomic mass is 16.6. The van der Waals surface area contributed by atoms with Gasteiger partial charge in [-0.05, 0) is 103 Å². The van der Waals surface area contributed by atoms with Crippen molar-refractivity contribution in [1.29, 1.82) is 0 Å². The Hall–Kier alpha value is -3.30. The second kappa shape index (κ2) is 32.2. The van der Waals surface area contributed by atoms with Crippen LogP contribution in [0.15, 0.2) is 0 Å². The van der Waals surface area contributed by atoms with Crippen molar-refractivity contribution in [2.45, 2.75) is 268 Å². The van der Waals surface area contributed by atoms with E-state index in [0.29, 0.717) is 25.7 Å². The fraction of sp³-hybridized carbons (Fsp3) is 0.903. The number of rotatable bonds is 30. The lowest BCUT2D eigenvalue weighted by atomic mass is 9.89. The van der Waals surface area contributed by atoms with Gasteiger partial charge in [0, 0.05) is 0 Å². The third kappa shape index (κ3) is 19.4. The first-order chi connectivity index (χ1) is 37.3. The standard InChI is InChI=1S/C62H102O15/c1-5-59(74-55(65)49-31-19-11-20-32-49,41-70-43-61(7-3,76-57(67)51-35-23-13-24-36-51)45-72-53(63)47-27-15-9-16-28-47)39-69-40-60(6-2,75-56(66)50-33-21-12-22-34-50)42-71-44-62(8-4,77-58(68)52-37-25-14-26-38-52)46-73-54(64)48-29-17-10-18-30-48/h47-52H,5-46H2,1-4H3. The summed E-state index contributed by atoms with van der Waals surface area (Å²) in [7, 11) is 0. The van der Waals surface area contributed by atoms with E-state index in [1.807, 2.05) is 27.7 Å². The molecule has 6 saturated carbocycles. The van der Waals surface area contributed by atoms with Gasteiger partial charge >= 0.3 is 35.8 Å². The second-order valence-corrected chi connectivity index (χ2v) is 24.5. The predicted octanol–water partition coefficient (Wildman–Crippen LogP) is 12.4. The lowest BCUT2D eigenvalue weighted by Gasteiger charge is -2.39. The molecule has 0 spiro atoms. The maximum atomic E-state index is 14.2. The average Bonchev–Trinajstić information content (AvgIpc) is 3.48. The van der Waals surface area contributed by atoms with Crippen LogP contribution in [0.2, 0.25) is 0 Å². The van der Waals surface area contributed by atoms with Gasteiger partial charge in [0.15, 0.2) is 22.4 Å². The minimum atomic E-state index is -1.30. The topological polar surface area (TPSA) is 185 Å². The minimum absolute atomic E-state index is 0.102. The van der Waals surface area contributed by atoms with Crippen LogP contribution in [-0.2, 0) is 71.4 Å². The number of ether oxygens (including phenoxy) is 9. The molecule has 0 heterocycles. The summed E-state index contributed by atoms with van der Waals surface area (Å²) >= 11 is 0. The van der Waals surface area contributed by atoms with Gasteiger partial charge in [-0.15, -0.1) is 0 Å². The van der Waals surface area contributed by atoms with Crippen molar-refractivity contribution in [2.24, 2.45) is 35.5 Å². The fourth-order valence-electron chi connectivity index (χ4n) is 12.6. The van der Waals surface area contributed by atoms with Crippen LogP contribution in [-0.4, -0.2) is 111 Å². The number of hydrogen-bond acceptors (Lipinski definition) is 15. The summed E-state index contributed by atoms with van der Waals surface area (Å²) in [5.41, 5.74) is -5.16. The fourth-order valence-corrected chi connectivity index (χ4v) is 12.6. The summed E-state index contributed by atoms with van der Waals surface area (Å²) in [6.45, 7) is 6.70. The zero-order chi connectivity index (χ0) is 55.0. The summed E-state index contributed by atoms with van der Waals surface area (Å²) in [5, 5.41) is 0. The Kier molecular flexibility index (Phi) is 26.3. The maximum Gasteiger partial charge on any atom is 0.309 e. The predicted molar refractivity (Wildman–Crippen MR) is 290 cm³/mol. The first-order valence-electron chi connectivity index (χ1n) is 31.3. The van der Waals surface area contributed by atoms with E-state index in [2.05, 4.69) is 0 Å². The second-order valence-electron chi connectivity index (χ2n) is 24.5. The van der Waals surface area contributed by atoms with Gasteiger partial charge in [0.05, 0.1) is 75.1 Å². The Morgan fingerprint density at radius 2 is 0.429 bits per heavy atom. The summed E-state index contributed by atoms with van der Waals surface area (Å²) in [5.74, 6) is -3.20. The third-order valence-electron chi connectivity index (χ3n) is 18.6. The van der Waals surface area contributed by atoms with E-state index in [9.17, 15) is 28.8 Å². The largest absolute Gasteiger partial charge is 0.461 e. The Balaban J connectivity index is 1.21. The molecule has 77 heavy (non-hydrogen) atoms. The molecule has 0 radical (unpaired) electrons. The van der Waals surface area contributed by atoms with Crippen molar-refractivity contribution in [3.63, 3.8) is 0 Å². The highest BCUT2D eigenvalue weighted by molar-refractivity contribution is 5.75. The van der Waals surface area contributed by atoms with Crippen LogP contribution in [0, 0.1) is 35.5 Å². The zero-order valence-electron chi connectivity index (χ0n) is 48.3. The number of carbonyl (C=O) groups is 6. The van der Waals surface area contributed by atoms with Crippen molar-refractivity contribution in [3.8, 4) is 0 Å². The number of carbonyl (C=O) groups excluding carboxylic acids is 6. The first-order valence-corrected chi connectivity index (χ1v) is 31.3. The van der Waals surface area contributed by atoms with Crippen LogP contribution in [0.5, 0.6) is 0 Å². The van der Waals surface area contributed by atoms with E-state index in [1.165, 1.54) is 0 Å². The molecule has 0 aromatic heterocycles. The van der Waals surface area contributed by atoms with Crippen molar-refractivity contribution >= 4 is 35.8 Å². The van der Waals surface area contributed by atoms with Crippen LogP contribution in [0.4, 0.5) is 0 Å². The molecule has 15 nitrogen and oxygen atoms in total. The summed E-state index contributed by atoms with van der Waals surface area (Å²) < 4.78 is 57.9. The molecular weight excluding hydrogens is 985 g/mol. The Morgan fingerprint density at radius 3 is 0.610 bits per heavy atom. The van der Waals surface area contributed by atoms with Gasteiger partial charge in [-0.25, -0.2) is 0 Å². The number of esters is 6. The first kappa shape index (κ1) is 62.9. The summed E-state index contributed by atoms with van der Waals surface area (Å²) in [6, 6.07) is 0. The van der Waals surface area contributed by atoms with Crippen LogP contribution in [0.1, 0.15) is 246 Å². The lowest BCUT2D eigenvalue weighted by molar-refractivity contribution is -0.209. The van der Waals surface area contributed by atoms with E-state index >= 15 is 0 Å². The maximum absolute atomic E-state index is 14.2. The monoisotopic (exact) mass is 1090 g/mol. The smallest absolute Gasteiger partial charge is 0.309 e. The van der Waals surface area contributed by atoms with Crippen LogP contribution >= 0.6 is 0 Å². The van der Waals surface area contributed by atoms with E-state index in [1.54, 1.807) is 0 Å². The van der Waals surface area contributed by atoms with Crippen molar-refractivity contribution in [2.75, 3.05) is 52.9 Å². The molecule has 6 fully saturated rings. The van der Waals surface area contributed by atoms with Gasteiger partial charge in [-0.3, -0.25) is 28.8 Å². The molecule has 0 amide bonds. The normalized spacial score (nSPS) is 23.2. The van der Waals surface area contributed by atoms with E-state index in [4.69, 9.17) is 42.6 Å². The van der Waals surface area contributed by atoms with Gasteiger partial charge in [0.25, 0.3) is 0 Å². The van der Waals surface area contributed by atoms with Gasteiger partial charge in [0.2, 0.25) is 0 Å². The van der Waals surface area contributed by atoms with E-state index in [-0.39, 0.29) is 124 Å². The molecule has 0 aromatic rings. The molecule has 15 heteroatoms. The molecule has 0 aliphatic heterocycles. The molecular formula is C62H102O15. The molecule has 440 valence electrons. The molecule has 6 rings (SSSR count). The van der Waals surface area contributed by atoms with E-state index in [0.717, 1.165) is 193 Å². The van der Waals surface area contributed by atoms with E-state index < -0.39 is 22.4 Å². The van der Waals surface area contributed by atoms with Crippen molar-refractivity contribution < 1.29 is 71.4 Å². The highest BCUT2D eigenvalue weighted by Gasteiger charge is 2.45. The van der Waals surface area contributed by atoms with Gasteiger partial charge in [-0.2, -0.15) is 0 Å². The highest BCUT2D eigenvalue weighted by Crippen LogP contribution is 2.35. The summed E-state index contributed by atoms with van der Waals surface area (Å²) in [4.78, 5) is 83.1. The molecule has 0 saturated heterocycles. The van der Waals surface area contributed by atoms with Crippen molar-refractivity contribution in [1.82, 2.24) is 0 Å². The van der Waals surface area contributed by atoms with Crippen LogP contribution in [0.25, 0.3) is 0 Å². The Morgan fingerprint density at radius 1 is 0.260 bits per heavy atom. The summed E-state index contributed by atoms with van der Waals surface area (Å²) in [6.07, 6.45) is 28.2. The Labute approximate surface area is 462 Å². The lowest BCUT2D eigenvalue weighted by Crippen LogP contribution is -2.52. The molecule has 6 aliphatic rings. The van der Waals surface area contributed by atoms with Crippen LogP contribution < -0.4 is 0 Å². The minimum Gasteiger partial charge on any atom is -0.461 e. The van der Waals surface area contributed by atoms with Crippen molar-refractivity contribution in [3.05, 3.63) is 0 Å². The molecule has 4 atom stereocenters. The molecule has 6 aliphatic carbocycles.